The summed E-state index contributed by atoms with van der Waals surface area (Å²) in [5, 5.41) is 0. The summed E-state index contributed by atoms with van der Waals surface area (Å²) in [7, 11) is -4.36. The lowest BCUT2D eigenvalue weighted by Crippen LogP contribution is -2.40. The van der Waals surface area contributed by atoms with Crippen molar-refractivity contribution in [3.63, 3.8) is 0 Å². The van der Waals surface area contributed by atoms with Gasteiger partial charge < -0.3 is 14.5 Å². The van der Waals surface area contributed by atoms with Crippen LogP contribution in [0.15, 0.2) is 12.2 Å². The fraction of sp³-hybridized carbons (Fsp3) is 0.800. The molecule has 0 saturated carbocycles. The average molecular weight is 461 g/mol. The van der Waals surface area contributed by atoms with Crippen molar-refractivity contribution in [2.45, 2.75) is 28.9 Å². The molecule has 0 aromatic carbocycles. The van der Waals surface area contributed by atoms with Gasteiger partial charge in [-0.1, -0.05) is 6.58 Å². The van der Waals surface area contributed by atoms with E-state index in [0.717, 1.165) is 29.4 Å². The maximum atomic E-state index is 11.4. The normalized spacial score (nSPS) is 29.5. The third kappa shape index (κ3) is 7.99. The first kappa shape index (κ1) is 23.0. The van der Waals surface area contributed by atoms with Gasteiger partial charge in [-0.15, -0.1) is 47.0 Å². The second-order valence-corrected chi connectivity index (χ2v) is 13.0. The first-order valence-corrected chi connectivity index (χ1v) is 13.9. The van der Waals surface area contributed by atoms with Crippen molar-refractivity contribution < 1.29 is 28.4 Å². The maximum absolute atomic E-state index is 11.4. The van der Waals surface area contributed by atoms with E-state index < -0.39 is 7.82 Å². The van der Waals surface area contributed by atoms with E-state index >= 15 is 0 Å². The van der Waals surface area contributed by atoms with Crippen LogP contribution in [-0.2, 0) is 18.6 Å². The largest absolute Gasteiger partial charge is 0.469 e. The molecule has 0 bridgehead atoms. The molecule has 6 nitrogen and oxygen atoms in total. The molecule has 0 aliphatic carbocycles. The maximum Gasteiger partial charge on any atom is 0.469 e. The van der Waals surface area contributed by atoms with Gasteiger partial charge >= 0.3 is 13.8 Å². The summed E-state index contributed by atoms with van der Waals surface area (Å²) in [4.78, 5) is 28.8. The summed E-state index contributed by atoms with van der Waals surface area (Å²) in [5.41, 5.74) is 0.751. The zero-order chi connectivity index (χ0) is 19.2. The molecule has 2 saturated heterocycles. The molecular formula is C15H25O6PS4. The Labute approximate surface area is 171 Å². The van der Waals surface area contributed by atoms with E-state index in [1.807, 2.05) is 47.0 Å². The molecular weight excluding hydrogens is 435 g/mol. The molecule has 1 spiro atoms. The SMILES string of the molecule is C=C(C)C(=O)OCCC1SCC2(CS1)CSC(CCOP(=O)(O)O)SC2. The Hall–Kier alpha value is 0.720. The smallest absolute Gasteiger partial charge is 0.462 e. The highest BCUT2D eigenvalue weighted by Crippen LogP contribution is 2.50. The molecule has 2 N–H and O–H groups in total. The highest BCUT2D eigenvalue weighted by Gasteiger charge is 2.40. The number of hydrogen-bond donors (Lipinski definition) is 2. The summed E-state index contributed by atoms with van der Waals surface area (Å²) >= 11 is 7.63. The summed E-state index contributed by atoms with van der Waals surface area (Å²) in [6.07, 6.45) is 1.50. The fourth-order valence-corrected chi connectivity index (χ4v) is 9.54. The summed E-state index contributed by atoms with van der Waals surface area (Å²) in [5.74, 6) is 4.02. The van der Waals surface area contributed by atoms with Gasteiger partial charge in [-0.3, -0.25) is 4.52 Å². The molecule has 0 atom stereocenters. The number of thioether (sulfide) groups is 4. The Morgan fingerprint density at radius 1 is 1.08 bits per heavy atom. The second kappa shape index (κ2) is 10.5. The molecule has 2 aliphatic heterocycles. The van der Waals surface area contributed by atoms with E-state index in [1.165, 1.54) is 0 Å². The van der Waals surface area contributed by atoms with Crippen LogP contribution >= 0.6 is 54.9 Å². The first-order chi connectivity index (χ1) is 12.2. The van der Waals surface area contributed by atoms with Gasteiger partial charge in [0, 0.05) is 40.4 Å². The number of phosphoric acid groups is 1. The topological polar surface area (TPSA) is 93.1 Å². The lowest BCUT2D eigenvalue weighted by molar-refractivity contribution is -0.138. The monoisotopic (exact) mass is 460 g/mol. The summed E-state index contributed by atoms with van der Waals surface area (Å²) < 4.78 is 21.2. The van der Waals surface area contributed by atoms with Crippen LogP contribution in [0.1, 0.15) is 19.8 Å². The lowest BCUT2D eigenvalue weighted by Gasteiger charge is -2.43. The van der Waals surface area contributed by atoms with Gasteiger partial charge in [-0.05, 0) is 13.3 Å². The van der Waals surface area contributed by atoms with Gasteiger partial charge in [0.05, 0.1) is 22.4 Å². The van der Waals surface area contributed by atoms with E-state index in [1.54, 1.807) is 6.92 Å². The first-order valence-electron chi connectivity index (χ1n) is 8.18. The highest BCUT2D eigenvalue weighted by molar-refractivity contribution is 8.19. The summed E-state index contributed by atoms with van der Waals surface area (Å²) in [6, 6.07) is 0. The molecule has 2 heterocycles. The molecule has 0 aromatic heterocycles. The Kier molecular flexibility index (Phi) is 9.28. The van der Waals surface area contributed by atoms with Crippen LogP contribution in [0.2, 0.25) is 0 Å². The van der Waals surface area contributed by atoms with E-state index in [4.69, 9.17) is 14.5 Å². The minimum absolute atomic E-state index is 0.0937. The van der Waals surface area contributed by atoms with E-state index in [2.05, 4.69) is 11.1 Å². The van der Waals surface area contributed by atoms with Crippen molar-refractivity contribution >= 4 is 60.8 Å². The van der Waals surface area contributed by atoms with Gasteiger partial charge in [0.1, 0.15) is 0 Å². The van der Waals surface area contributed by atoms with Gasteiger partial charge in [0.25, 0.3) is 0 Å². The Balaban J connectivity index is 1.63. The van der Waals surface area contributed by atoms with Crippen molar-refractivity contribution in [1.29, 1.82) is 0 Å². The number of ether oxygens (including phenoxy) is 1. The second-order valence-electron chi connectivity index (χ2n) is 6.42. The Morgan fingerprint density at radius 3 is 1.96 bits per heavy atom. The quantitative estimate of drug-likeness (QED) is 0.318. The van der Waals surface area contributed by atoms with Gasteiger partial charge in [-0.25, -0.2) is 9.36 Å². The molecule has 0 radical (unpaired) electrons. The van der Waals surface area contributed by atoms with Crippen LogP contribution in [0.25, 0.3) is 0 Å². The standard InChI is InChI=1S/C15H25O6PS4/c1-11(2)14(16)20-5-3-12-23-7-15(8-24-12)9-25-13(26-10-15)4-6-21-22(17,18)19/h12-13H,1,3-10H2,2H3,(H2,17,18,19). The molecule has 150 valence electrons. The van der Waals surface area contributed by atoms with Crippen molar-refractivity contribution in [2.24, 2.45) is 5.41 Å². The molecule has 11 heteroatoms. The number of carbonyl (C=O) groups is 1. The molecule has 0 amide bonds. The number of carbonyl (C=O) groups excluding carboxylic acids is 1. The van der Waals surface area contributed by atoms with Crippen LogP contribution in [0.4, 0.5) is 0 Å². The van der Waals surface area contributed by atoms with Gasteiger partial charge in [0.2, 0.25) is 0 Å². The van der Waals surface area contributed by atoms with E-state index in [-0.39, 0.29) is 12.6 Å². The number of hydrogen-bond acceptors (Lipinski definition) is 8. The number of rotatable bonds is 8. The molecule has 2 aliphatic rings. The number of esters is 1. The predicted molar refractivity (Wildman–Crippen MR) is 113 cm³/mol. The fourth-order valence-electron chi connectivity index (χ4n) is 2.40. The molecule has 2 rings (SSSR count). The highest BCUT2D eigenvalue weighted by atomic mass is 32.2. The van der Waals surface area contributed by atoms with Crippen molar-refractivity contribution in [2.75, 3.05) is 36.2 Å². The van der Waals surface area contributed by atoms with Crippen molar-refractivity contribution in [3.8, 4) is 0 Å². The zero-order valence-corrected chi connectivity index (χ0v) is 18.8. The Morgan fingerprint density at radius 2 is 1.54 bits per heavy atom. The summed E-state index contributed by atoms with van der Waals surface area (Å²) in [6.45, 7) is 5.76. The van der Waals surface area contributed by atoms with Crippen LogP contribution in [0, 0.1) is 5.41 Å². The third-order valence-electron chi connectivity index (χ3n) is 3.85. The Bertz CT molecular complexity index is 536. The minimum atomic E-state index is -4.36. The van der Waals surface area contributed by atoms with Crippen LogP contribution in [0.5, 0.6) is 0 Å². The third-order valence-corrected chi connectivity index (χ3v) is 11.5. The molecule has 0 unspecified atom stereocenters. The minimum Gasteiger partial charge on any atom is -0.462 e. The van der Waals surface area contributed by atoms with Crippen LogP contribution in [-0.4, -0.2) is 61.1 Å². The lowest BCUT2D eigenvalue weighted by atomic mass is 9.99. The van der Waals surface area contributed by atoms with Crippen molar-refractivity contribution in [3.05, 3.63) is 12.2 Å². The average Bonchev–Trinajstić information content (AvgIpc) is 2.57. The van der Waals surface area contributed by atoms with Crippen molar-refractivity contribution in [1.82, 2.24) is 0 Å². The molecule has 2 fully saturated rings. The van der Waals surface area contributed by atoms with E-state index in [0.29, 0.717) is 33.2 Å². The zero-order valence-electron chi connectivity index (χ0n) is 14.6. The predicted octanol–water partition coefficient (Wildman–Crippen LogP) is 3.59. The molecule has 0 aromatic rings. The molecule has 26 heavy (non-hydrogen) atoms. The van der Waals surface area contributed by atoms with Crippen LogP contribution in [0.3, 0.4) is 0 Å². The van der Waals surface area contributed by atoms with Crippen LogP contribution < -0.4 is 0 Å². The van der Waals surface area contributed by atoms with Gasteiger partial charge in [0.15, 0.2) is 0 Å². The number of phosphoric ester groups is 1. The van der Waals surface area contributed by atoms with Gasteiger partial charge in [-0.2, -0.15) is 0 Å². The van der Waals surface area contributed by atoms with E-state index in [9.17, 15) is 9.36 Å².